The molecule has 4 atom stereocenters. The molecule has 4 aromatic rings. The van der Waals surface area contributed by atoms with Crippen molar-refractivity contribution < 1.29 is 0 Å². The smallest absolute Gasteiger partial charge is 0.127 e. The van der Waals surface area contributed by atoms with Crippen molar-refractivity contribution in [2.24, 2.45) is 10.4 Å². The highest BCUT2D eigenvalue weighted by molar-refractivity contribution is 6.15. The topological polar surface area (TPSA) is 18.8 Å². The van der Waals surface area contributed by atoms with Gasteiger partial charge in [-0.1, -0.05) is 117 Å². The lowest BCUT2D eigenvalue weighted by atomic mass is 9.74. The first kappa shape index (κ1) is 26.9. The van der Waals surface area contributed by atoms with E-state index in [0.29, 0.717) is 0 Å². The molecule has 3 heteroatoms. The number of hydrogen-bond acceptors (Lipinski definition) is 3. The Morgan fingerprint density at radius 1 is 0.800 bits per heavy atom. The van der Waals surface area contributed by atoms with Gasteiger partial charge in [0.05, 0.1) is 23.3 Å². The Kier molecular flexibility index (Phi) is 5.69. The number of hydrogen-bond donors (Lipinski definition) is 0. The van der Waals surface area contributed by atoms with Crippen LogP contribution in [0.1, 0.15) is 61.9 Å². The first-order chi connectivity index (χ1) is 21.9. The van der Waals surface area contributed by atoms with Crippen molar-refractivity contribution in [1.82, 2.24) is 4.90 Å². The van der Waals surface area contributed by atoms with E-state index in [0.717, 1.165) is 18.7 Å². The van der Waals surface area contributed by atoms with Crippen LogP contribution in [0.5, 0.6) is 0 Å². The molecule has 3 aliphatic carbocycles. The van der Waals surface area contributed by atoms with Gasteiger partial charge in [0.15, 0.2) is 0 Å². The maximum Gasteiger partial charge on any atom is 0.127 e. The van der Waals surface area contributed by atoms with Crippen LogP contribution < -0.4 is 4.90 Å². The second-order valence-electron chi connectivity index (χ2n) is 14.2. The van der Waals surface area contributed by atoms with Crippen LogP contribution in [-0.4, -0.2) is 35.4 Å². The summed E-state index contributed by atoms with van der Waals surface area (Å²) in [6.07, 6.45) is 14.1. The minimum Gasteiger partial charge on any atom is -0.317 e. The van der Waals surface area contributed by atoms with Crippen molar-refractivity contribution in [2.45, 2.75) is 57.3 Å². The molecule has 0 fully saturated rings. The van der Waals surface area contributed by atoms with Crippen LogP contribution in [-0.2, 0) is 0 Å². The third-order valence-corrected chi connectivity index (χ3v) is 11.3. The van der Waals surface area contributed by atoms with E-state index in [9.17, 15) is 0 Å². The largest absolute Gasteiger partial charge is 0.317 e. The molecule has 5 aliphatic rings. The van der Waals surface area contributed by atoms with Crippen LogP contribution in [0, 0.1) is 5.41 Å². The van der Waals surface area contributed by atoms with Crippen LogP contribution in [0.4, 0.5) is 5.69 Å². The van der Waals surface area contributed by atoms with Crippen LogP contribution in [0.15, 0.2) is 125 Å². The molecule has 0 bridgehead atoms. The van der Waals surface area contributed by atoms with Crippen molar-refractivity contribution in [1.29, 1.82) is 0 Å². The minimum absolute atomic E-state index is 0.00609. The summed E-state index contributed by atoms with van der Waals surface area (Å²) in [5.74, 6) is 1.14. The van der Waals surface area contributed by atoms with E-state index in [2.05, 4.69) is 159 Å². The summed E-state index contributed by atoms with van der Waals surface area (Å²) in [6, 6.07) is 33.7. The highest BCUT2D eigenvalue weighted by atomic mass is 15.4. The summed E-state index contributed by atoms with van der Waals surface area (Å²) in [5.41, 5.74) is 10.4. The molecule has 4 aromatic carbocycles. The minimum atomic E-state index is -0.320. The number of aliphatic imine (C=N–C) groups is 1. The number of amidine groups is 1. The standard InChI is InChI=1S/C42H39N3/c1-41(2)34-20-12-13-21-35(34)42(3)40(41)44(4)38(28-15-6-5-7-16-28)39(43-42)45-36-23-22-27-14-8-9-17-29(27)24-32(36)33-25-30-18-10-11-19-31(30)26-37(33)45/h5-12,14-20,22-26,36,38,40H,13,21H2,1-4H3. The fourth-order valence-electron chi connectivity index (χ4n) is 9.56. The van der Waals surface area contributed by atoms with E-state index in [4.69, 9.17) is 4.99 Å². The van der Waals surface area contributed by atoms with E-state index < -0.39 is 0 Å². The molecule has 0 radical (unpaired) electrons. The molecule has 222 valence electrons. The molecular weight excluding hydrogens is 546 g/mol. The van der Waals surface area contributed by atoms with E-state index in [-0.39, 0.29) is 29.1 Å². The first-order valence-electron chi connectivity index (χ1n) is 16.4. The Bertz CT molecular complexity index is 2040. The van der Waals surface area contributed by atoms with Gasteiger partial charge >= 0.3 is 0 Å². The zero-order valence-corrected chi connectivity index (χ0v) is 26.5. The second-order valence-corrected chi connectivity index (χ2v) is 14.2. The molecule has 3 nitrogen and oxygen atoms in total. The number of allylic oxidation sites excluding steroid dienone is 2. The second kappa shape index (κ2) is 9.52. The maximum atomic E-state index is 6.04. The third kappa shape index (κ3) is 3.71. The molecule has 0 saturated carbocycles. The van der Waals surface area contributed by atoms with Gasteiger partial charge in [-0.25, -0.2) is 0 Å². The van der Waals surface area contributed by atoms with Gasteiger partial charge < -0.3 is 4.90 Å². The van der Waals surface area contributed by atoms with E-state index in [1.165, 1.54) is 55.4 Å². The molecule has 0 amide bonds. The molecule has 45 heavy (non-hydrogen) atoms. The Hall–Kier alpha value is -4.47. The van der Waals surface area contributed by atoms with Crippen LogP contribution in [0.25, 0.3) is 28.5 Å². The molecule has 0 N–H and O–H groups in total. The van der Waals surface area contributed by atoms with Gasteiger partial charge in [-0.05, 0) is 89.2 Å². The van der Waals surface area contributed by atoms with Crippen molar-refractivity contribution in [3.63, 3.8) is 0 Å². The van der Waals surface area contributed by atoms with Gasteiger partial charge in [0.25, 0.3) is 0 Å². The summed E-state index contributed by atoms with van der Waals surface area (Å²) >= 11 is 0. The number of nitrogens with zero attached hydrogens (tertiary/aromatic N) is 3. The number of likely N-dealkylation sites (N-methyl/N-ethyl adjacent to an activating group) is 1. The average Bonchev–Trinajstić information content (AvgIpc) is 3.33. The summed E-state index contributed by atoms with van der Waals surface area (Å²) in [4.78, 5) is 11.3. The Morgan fingerprint density at radius 3 is 2.31 bits per heavy atom. The number of anilines is 1. The van der Waals surface area contributed by atoms with Gasteiger partial charge in [-0.15, -0.1) is 0 Å². The quantitative estimate of drug-likeness (QED) is 0.222. The van der Waals surface area contributed by atoms with Gasteiger partial charge in [0.2, 0.25) is 0 Å². The summed E-state index contributed by atoms with van der Waals surface area (Å²) < 4.78 is 0. The fourth-order valence-corrected chi connectivity index (χ4v) is 9.56. The SMILES string of the molecule is CN1C(c2ccccc2)C(N2c3cc4ccccc4cc3C3=Cc4ccccc4C=CC32)=NC2(C)C3=C(C=CCC3)C(C)(C)C12. The monoisotopic (exact) mass is 585 g/mol. The van der Waals surface area contributed by atoms with Crippen LogP contribution >= 0.6 is 0 Å². The molecule has 4 unspecified atom stereocenters. The highest BCUT2D eigenvalue weighted by Gasteiger charge is 2.61. The van der Waals surface area contributed by atoms with E-state index in [1.807, 2.05) is 0 Å². The normalized spacial score (nSPS) is 27.7. The molecule has 0 spiro atoms. The predicted molar refractivity (Wildman–Crippen MR) is 189 cm³/mol. The van der Waals surface area contributed by atoms with E-state index in [1.54, 1.807) is 0 Å². The van der Waals surface area contributed by atoms with Crippen LogP contribution in [0.3, 0.4) is 0 Å². The van der Waals surface area contributed by atoms with Crippen molar-refractivity contribution in [3.8, 4) is 0 Å². The maximum absolute atomic E-state index is 6.04. The Balaban J connectivity index is 1.34. The molecule has 9 rings (SSSR count). The molecule has 2 aliphatic heterocycles. The number of benzene rings is 4. The van der Waals surface area contributed by atoms with Gasteiger partial charge in [0.1, 0.15) is 5.84 Å². The Morgan fingerprint density at radius 2 is 1.51 bits per heavy atom. The average molecular weight is 586 g/mol. The van der Waals surface area contributed by atoms with Crippen LogP contribution in [0.2, 0.25) is 0 Å². The summed E-state index contributed by atoms with van der Waals surface area (Å²) in [5, 5.41) is 2.53. The van der Waals surface area contributed by atoms with E-state index >= 15 is 0 Å². The number of fused-ring (bicyclic) bond motifs is 7. The van der Waals surface area contributed by atoms with Crippen molar-refractivity contribution in [2.75, 3.05) is 11.9 Å². The Labute approximate surface area is 266 Å². The first-order valence-corrected chi connectivity index (χ1v) is 16.4. The lowest BCUT2D eigenvalue weighted by molar-refractivity contribution is 0.0792. The molecular formula is C42H39N3. The zero-order chi connectivity index (χ0) is 30.5. The van der Waals surface area contributed by atoms with Gasteiger partial charge in [-0.2, -0.15) is 0 Å². The predicted octanol–water partition coefficient (Wildman–Crippen LogP) is 9.49. The number of rotatable bonds is 1. The summed E-state index contributed by atoms with van der Waals surface area (Å²) in [6.45, 7) is 7.30. The summed E-state index contributed by atoms with van der Waals surface area (Å²) in [7, 11) is 2.35. The van der Waals surface area contributed by atoms with Crippen molar-refractivity contribution in [3.05, 3.63) is 143 Å². The molecule has 0 aromatic heterocycles. The van der Waals surface area contributed by atoms with Gasteiger partial charge in [0, 0.05) is 17.0 Å². The van der Waals surface area contributed by atoms with Crippen molar-refractivity contribution >= 4 is 40.0 Å². The van der Waals surface area contributed by atoms with Gasteiger partial charge in [-0.3, -0.25) is 9.89 Å². The highest BCUT2D eigenvalue weighted by Crippen LogP contribution is 2.59. The molecule has 0 saturated heterocycles. The lowest BCUT2D eigenvalue weighted by Crippen LogP contribution is -2.61. The third-order valence-electron chi connectivity index (χ3n) is 11.3. The lowest BCUT2D eigenvalue weighted by Gasteiger charge is -2.52. The molecule has 2 heterocycles. The zero-order valence-electron chi connectivity index (χ0n) is 26.5. The fraction of sp³-hybridized carbons (Fsp3) is 0.262.